The highest BCUT2D eigenvalue weighted by Gasteiger charge is 2.18. The number of hydrogen-bond acceptors (Lipinski definition) is 3. The highest BCUT2D eigenvalue weighted by molar-refractivity contribution is 5.78. The molecule has 1 unspecified atom stereocenters. The molecule has 0 fully saturated rings. The van der Waals surface area contributed by atoms with Crippen LogP contribution in [0.15, 0.2) is 0 Å². The van der Waals surface area contributed by atoms with Gasteiger partial charge in [-0.25, -0.2) is 4.79 Å². The summed E-state index contributed by atoms with van der Waals surface area (Å²) in [7, 11) is 0. The first kappa shape index (κ1) is 14.9. The molecule has 0 rings (SSSR count). The third-order valence-electron chi connectivity index (χ3n) is 2.36. The molecule has 1 amide bonds. The van der Waals surface area contributed by atoms with Gasteiger partial charge in [-0.05, 0) is 12.8 Å². The van der Waals surface area contributed by atoms with Crippen molar-refractivity contribution in [1.82, 2.24) is 5.32 Å². The molecule has 1 N–H and O–H groups in total. The van der Waals surface area contributed by atoms with Crippen molar-refractivity contribution in [1.29, 1.82) is 0 Å². The van der Waals surface area contributed by atoms with Crippen LogP contribution in [0.1, 0.15) is 52.4 Å². The maximum Gasteiger partial charge on any atom is 0.328 e. The number of carbonyl (C=O) groups excluding carboxylic acids is 2. The lowest BCUT2D eigenvalue weighted by Gasteiger charge is -2.14. The molecule has 0 aromatic carbocycles. The second-order valence-electron chi connectivity index (χ2n) is 3.82. The summed E-state index contributed by atoms with van der Waals surface area (Å²) in [5.41, 5.74) is 0. The Balaban J connectivity index is 3.87. The molecule has 0 saturated heterocycles. The van der Waals surface area contributed by atoms with Crippen molar-refractivity contribution < 1.29 is 14.3 Å². The SMILES string of the molecule is CCCCCC(N[C]=O)C(=O)OCCCC. The number of carbonyl (C=O) groups is 1. The number of esters is 1. The third-order valence-corrected chi connectivity index (χ3v) is 2.36. The van der Waals surface area contributed by atoms with Crippen molar-refractivity contribution in [2.45, 2.75) is 58.4 Å². The van der Waals surface area contributed by atoms with Crippen LogP contribution in [0.25, 0.3) is 0 Å². The van der Waals surface area contributed by atoms with Gasteiger partial charge in [0.1, 0.15) is 6.04 Å². The quantitative estimate of drug-likeness (QED) is 0.353. The van der Waals surface area contributed by atoms with E-state index in [2.05, 4.69) is 12.2 Å². The monoisotopic (exact) mass is 228 g/mol. The van der Waals surface area contributed by atoms with Crippen LogP contribution in [0.2, 0.25) is 0 Å². The molecule has 0 aliphatic heterocycles. The highest BCUT2D eigenvalue weighted by Crippen LogP contribution is 2.05. The van der Waals surface area contributed by atoms with Crippen molar-refractivity contribution >= 4 is 12.4 Å². The summed E-state index contributed by atoms with van der Waals surface area (Å²) in [4.78, 5) is 21.8. The van der Waals surface area contributed by atoms with E-state index in [-0.39, 0.29) is 5.97 Å². The molecular weight excluding hydrogens is 206 g/mol. The van der Waals surface area contributed by atoms with Gasteiger partial charge < -0.3 is 10.1 Å². The van der Waals surface area contributed by atoms with Crippen LogP contribution in [0.5, 0.6) is 0 Å². The lowest BCUT2D eigenvalue weighted by atomic mass is 10.1. The molecule has 93 valence electrons. The molecule has 16 heavy (non-hydrogen) atoms. The molecule has 0 spiro atoms. The van der Waals surface area contributed by atoms with E-state index in [4.69, 9.17) is 4.74 Å². The van der Waals surface area contributed by atoms with Gasteiger partial charge in [-0.2, -0.15) is 0 Å². The number of ether oxygens (including phenoxy) is 1. The van der Waals surface area contributed by atoms with Crippen LogP contribution >= 0.6 is 0 Å². The Morgan fingerprint density at radius 2 is 1.94 bits per heavy atom. The van der Waals surface area contributed by atoms with Crippen molar-refractivity contribution in [2.24, 2.45) is 0 Å². The topological polar surface area (TPSA) is 55.4 Å². The average molecular weight is 228 g/mol. The summed E-state index contributed by atoms with van der Waals surface area (Å²) in [5.74, 6) is -0.340. The van der Waals surface area contributed by atoms with Crippen molar-refractivity contribution in [2.75, 3.05) is 6.61 Å². The molecule has 0 bridgehead atoms. The second-order valence-corrected chi connectivity index (χ2v) is 3.82. The van der Waals surface area contributed by atoms with E-state index in [1.165, 1.54) is 0 Å². The van der Waals surface area contributed by atoms with Crippen molar-refractivity contribution in [3.8, 4) is 0 Å². The van der Waals surface area contributed by atoms with Crippen LogP contribution in [-0.4, -0.2) is 25.0 Å². The van der Waals surface area contributed by atoms with Crippen LogP contribution in [0, 0.1) is 0 Å². The van der Waals surface area contributed by atoms with Gasteiger partial charge in [0.2, 0.25) is 0 Å². The van der Waals surface area contributed by atoms with Gasteiger partial charge in [0, 0.05) is 0 Å². The van der Waals surface area contributed by atoms with Crippen LogP contribution < -0.4 is 5.32 Å². The zero-order valence-corrected chi connectivity index (χ0v) is 10.3. The summed E-state index contributed by atoms with van der Waals surface area (Å²) < 4.78 is 5.05. The summed E-state index contributed by atoms with van der Waals surface area (Å²) in [6.45, 7) is 4.55. The number of nitrogens with one attached hydrogen (secondary N) is 1. The van der Waals surface area contributed by atoms with Gasteiger partial charge in [0.15, 0.2) is 0 Å². The Bertz CT molecular complexity index is 195. The Kier molecular flexibility index (Phi) is 9.76. The summed E-state index contributed by atoms with van der Waals surface area (Å²) in [6.07, 6.45) is 7.10. The summed E-state index contributed by atoms with van der Waals surface area (Å²) in [5, 5.41) is 2.39. The van der Waals surface area contributed by atoms with Crippen LogP contribution in [-0.2, 0) is 14.3 Å². The van der Waals surface area contributed by atoms with Gasteiger partial charge in [-0.3, -0.25) is 4.79 Å². The number of unbranched alkanes of at least 4 members (excludes halogenated alkanes) is 3. The smallest absolute Gasteiger partial charge is 0.328 e. The molecule has 1 radical (unpaired) electrons. The first-order chi connectivity index (χ1) is 7.76. The number of amides is 1. The normalized spacial score (nSPS) is 11.9. The van der Waals surface area contributed by atoms with E-state index < -0.39 is 6.04 Å². The number of rotatable bonds is 10. The zero-order valence-electron chi connectivity index (χ0n) is 10.3. The molecular formula is C12H22NO3. The molecule has 0 heterocycles. The van der Waals surface area contributed by atoms with Gasteiger partial charge in [-0.1, -0.05) is 39.5 Å². The first-order valence-corrected chi connectivity index (χ1v) is 6.05. The molecule has 0 aliphatic rings. The highest BCUT2D eigenvalue weighted by atomic mass is 16.5. The lowest BCUT2D eigenvalue weighted by Crippen LogP contribution is -2.37. The Morgan fingerprint density at radius 1 is 1.25 bits per heavy atom. The fourth-order valence-electron chi connectivity index (χ4n) is 1.34. The van der Waals surface area contributed by atoms with E-state index in [1.807, 2.05) is 6.92 Å². The Morgan fingerprint density at radius 3 is 2.50 bits per heavy atom. The van der Waals surface area contributed by atoms with Gasteiger partial charge >= 0.3 is 12.4 Å². The minimum absolute atomic E-state index is 0.340. The fourth-order valence-corrected chi connectivity index (χ4v) is 1.34. The van der Waals surface area contributed by atoms with Gasteiger partial charge in [0.05, 0.1) is 6.61 Å². The molecule has 0 aromatic heterocycles. The maximum atomic E-state index is 11.5. The van der Waals surface area contributed by atoms with Crippen molar-refractivity contribution in [3.63, 3.8) is 0 Å². The predicted molar refractivity (Wildman–Crippen MR) is 62.6 cm³/mol. The molecule has 1 atom stereocenters. The van der Waals surface area contributed by atoms with E-state index in [0.29, 0.717) is 13.0 Å². The molecule has 0 aliphatic carbocycles. The predicted octanol–water partition coefficient (Wildman–Crippen LogP) is 1.94. The third kappa shape index (κ3) is 7.26. The molecule has 0 saturated carbocycles. The van der Waals surface area contributed by atoms with E-state index in [9.17, 15) is 9.59 Å². The first-order valence-electron chi connectivity index (χ1n) is 6.05. The minimum Gasteiger partial charge on any atom is -0.464 e. The van der Waals surface area contributed by atoms with Crippen LogP contribution in [0.3, 0.4) is 0 Å². The molecule has 0 aromatic rings. The Hall–Kier alpha value is -1.06. The standard InChI is InChI=1S/C12H22NO3/c1-3-5-7-8-11(13-10-14)12(15)16-9-6-4-2/h11H,3-9H2,1-2H3,(H,13,14). The lowest BCUT2D eigenvalue weighted by molar-refractivity contribution is -0.146. The average Bonchev–Trinajstić information content (AvgIpc) is 2.28. The summed E-state index contributed by atoms with van der Waals surface area (Å²) in [6, 6.07) is -0.527. The van der Waals surface area contributed by atoms with Gasteiger partial charge in [-0.15, -0.1) is 0 Å². The molecule has 4 heteroatoms. The van der Waals surface area contributed by atoms with Gasteiger partial charge in [0.25, 0.3) is 0 Å². The number of hydrogen-bond donors (Lipinski definition) is 1. The van der Waals surface area contributed by atoms with Crippen LogP contribution in [0.4, 0.5) is 0 Å². The van der Waals surface area contributed by atoms with E-state index in [0.717, 1.165) is 32.1 Å². The Labute approximate surface area is 97.7 Å². The molecule has 4 nitrogen and oxygen atoms in total. The minimum atomic E-state index is -0.527. The zero-order chi connectivity index (χ0) is 12.2. The maximum absolute atomic E-state index is 11.5. The summed E-state index contributed by atoms with van der Waals surface area (Å²) >= 11 is 0. The second kappa shape index (κ2) is 10.5. The largest absolute Gasteiger partial charge is 0.464 e. The van der Waals surface area contributed by atoms with E-state index in [1.54, 1.807) is 6.41 Å². The van der Waals surface area contributed by atoms with Crippen molar-refractivity contribution in [3.05, 3.63) is 0 Å². The van der Waals surface area contributed by atoms with E-state index >= 15 is 0 Å². The fraction of sp³-hybridized carbons (Fsp3) is 0.833.